The zero-order chi connectivity index (χ0) is 18.7. The molecular weight excluding hydrogens is 375 g/mol. The van der Waals surface area contributed by atoms with Crippen molar-refractivity contribution < 1.29 is 9.47 Å². The molecule has 3 aromatic rings. The van der Waals surface area contributed by atoms with Crippen molar-refractivity contribution in [2.45, 2.75) is 6.54 Å². The van der Waals surface area contributed by atoms with Crippen molar-refractivity contribution >= 4 is 34.7 Å². The van der Waals surface area contributed by atoms with Crippen molar-refractivity contribution in [1.82, 2.24) is 9.78 Å². The van der Waals surface area contributed by atoms with E-state index in [1.807, 2.05) is 36.5 Å². The summed E-state index contributed by atoms with van der Waals surface area (Å²) in [5.41, 5.74) is 8.10. The molecule has 26 heavy (non-hydrogen) atoms. The van der Waals surface area contributed by atoms with Gasteiger partial charge in [-0.15, -0.1) is 0 Å². The lowest BCUT2D eigenvalue weighted by Gasteiger charge is -2.14. The molecule has 0 unspecified atom stereocenters. The zero-order valence-corrected chi connectivity index (χ0v) is 15.8. The normalized spacial score (nSPS) is 10.6. The van der Waals surface area contributed by atoms with E-state index in [4.69, 9.17) is 38.4 Å². The van der Waals surface area contributed by atoms with Gasteiger partial charge in [0, 0.05) is 30.4 Å². The number of nitrogens with zero attached hydrogens (tertiary/aromatic N) is 2. The van der Waals surface area contributed by atoms with E-state index in [1.54, 1.807) is 10.7 Å². The second kappa shape index (κ2) is 7.76. The van der Waals surface area contributed by atoms with Gasteiger partial charge < -0.3 is 20.5 Å². The summed E-state index contributed by atoms with van der Waals surface area (Å²) in [6.45, 7) is 0.354. The van der Waals surface area contributed by atoms with Crippen LogP contribution in [0.25, 0.3) is 5.69 Å². The molecule has 2 aromatic carbocycles. The minimum atomic E-state index is 0.354. The second-order valence-corrected chi connectivity index (χ2v) is 6.20. The molecule has 0 spiro atoms. The maximum Gasteiger partial charge on any atom is 0.148 e. The summed E-state index contributed by atoms with van der Waals surface area (Å²) in [6, 6.07) is 11.0. The van der Waals surface area contributed by atoms with Crippen LogP contribution in [-0.4, -0.2) is 24.0 Å². The first-order valence-corrected chi connectivity index (χ1v) is 8.54. The minimum Gasteiger partial charge on any atom is -0.495 e. The van der Waals surface area contributed by atoms with E-state index in [0.29, 0.717) is 45.2 Å². The maximum atomic E-state index is 6.38. The second-order valence-electron chi connectivity index (χ2n) is 5.45. The number of methoxy groups -OCH3 is 2. The Balaban J connectivity index is 1.83. The van der Waals surface area contributed by atoms with E-state index in [-0.39, 0.29) is 0 Å². The van der Waals surface area contributed by atoms with Crippen LogP contribution >= 0.6 is 23.2 Å². The Morgan fingerprint density at radius 2 is 1.73 bits per heavy atom. The number of nitrogens with one attached hydrogen (secondary N) is 1. The van der Waals surface area contributed by atoms with Gasteiger partial charge in [-0.05, 0) is 12.1 Å². The Kier molecular flexibility index (Phi) is 5.44. The molecule has 0 radical (unpaired) electrons. The SMILES string of the molecule is COc1cc(OC)c(Cl)c(CNc2ccn(-c3ccccc3N)n2)c1Cl. The monoisotopic (exact) mass is 392 g/mol. The highest BCUT2D eigenvalue weighted by molar-refractivity contribution is 6.37. The number of para-hydroxylation sites is 2. The highest BCUT2D eigenvalue weighted by Crippen LogP contribution is 2.40. The molecule has 0 saturated heterocycles. The van der Waals surface area contributed by atoms with Crippen molar-refractivity contribution in [3.05, 3.63) is 58.2 Å². The molecule has 1 aromatic heterocycles. The summed E-state index contributed by atoms with van der Waals surface area (Å²) < 4.78 is 12.3. The fourth-order valence-corrected chi connectivity index (χ4v) is 3.15. The number of hydrogen-bond acceptors (Lipinski definition) is 5. The highest BCUT2D eigenvalue weighted by atomic mass is 35.5. The average Bonchev–Trinajstić information content (AvgIpc) is 3.11. The first kappa shape index (κ1) is 18.2. The number of nitrogen functional groups attached to an aromatic ring is 1. The van der Waals surface area contributed by atoms with Crippen LogP contribution in [0.5, 0.6) is 11.5 Å². The molecule has 6 nitrogen and oxygen atoms in total. The summed E-state index contributed by atoms with van der Waals surface area (Å²) in [5, 5.41) is 8.54. The highest BCUT2D eigenvalue weighted by Gasteiger charge is 2.17. The first-order chi connectivity index (χ1) is 12.5. The first-order valence-electron chi connectivity index (χ1n) is 7.78. The lowest BCUT2D eigenvalue weighted by molar-refractivity contribution is 0.394. The van der Waals surface area contributed by atoms with E-state index < -0.39 is 0 Å². The summed E-state index contributed by atoms with van der Waals surface area (Å²) >= 11 is 12.8. The topological polar surface area (TPSA) is 74.3 Å². The molecule has 0 bridgehead atoms. The molecule has 0 atom stereocenters. The standard InChI is InChI=1S/C18H18Cl2N4O2/c1-25-14-9-15(26-2)18(20)11(17(14)19)10-22-16-7-8-24(23-16)13-6-4-3-5-12(13)21/h3-9H,10,21H2,1-2H3,(H,22,23). The van der Waals surface area contributed by atoms with E-state index in [1.165, 1.54) is 14.2 Å². The molecule has 0 aliphatic rings. The molecule has 0 aliphatic heterocycles. The van der Waals surface area contributed by atoms with Gasteiger partial charge >= 0.3 is 0 Å². The van der Waals surface area contributed by atoms with Crippen molar-refractivity contribution in [3.8, 4) is 17.2 Å². The van der Waals surface area contributed by atoms with Crippen molar-refractivity contribution in [2.75, 3.05) is 25.3 Å². The number of anilines is 2. The van der Waals surface area contributed by atoms with Crippen molar-refractivity contribution in [2.24, 2.45) is 0 Å². The summed E-state index contributed by atoms with van der Waals surface area (Å²) in [5.74, 6) is 1.64. The Morgan fingerprint density at radius 3 is 2.35 bits per heavy atom. The third-order valence-corrected chi connectivity index (χ3v) is 4.71. The van der Waals surface area contributed by atoms with Gasteiger partial charge in [0.1, 0.15) is 17.3 Å². The Labute approximate surface area is 161 Å². The third-order valence-electron chi connectivity index (χ3n) is 3.88. The Bertz CT molecular complexity index is 899. The number of nitrogens with two attached hydrogens (primary N) is 1. The van der Waals surface area contributed by atoms with Crippen molar-refractivity contribution in [1.29, 1.82) is 0 Å². The average molecular weight is 393 g/mol. The van der Waals surface area contributed by atoms with Gasteiger partial charge in [-0.2, -0.15) is 5.10 Å². The fourth-order valence-electron chi connectivity index (χ4n) is 2.52. The predicted molar refractivity (Wildman–Crippen MR) is 105 cm³/mol. The van der Waals surface area contributed by atoms with Crippen molar-refractivity contribution in [3.63, 3.8) is 0 Å². The molecule has 0 aliphatic carbocycles. The number of benzene rings is 2. The lowest BCUT2D eigenvalue weighted by Crippen LogP contribution is -2.05. The molecular formula is C18H18Cl2N4O2. The fraction of sp³-hybridized carbons (Fsp3) is 0.167. The third kappa shape index (κ3) is 3.52. The van der Waals surface area contributed by atoms with Crippen LogP contribution in [0.2, 0.25) is 10.0 Å². The molecule has 136 valence electrons. The van der Waals surface area contributed by atoms with E-state index in [9.17, 15) is 0 Å². The molecule has 3 rings (SSSR count). The van der Waals surface area contributed by atoms with Gasteiger partial charge in [0.15, 0.2) is 0 Å². The number of aromatic nitrogens is 2. The molecule has 3 N–H and O–H groups in total. The Morgan fingerprint density at radius 1 is 1.08 bits per heavy atom. The largest absolute Gasteiger partial charge is 0.495 e. The summed E-state index contributed by atoms with van der Waals surface area (Å²) in [6.07, 6.45) is 1.82. The Hall–Kier alpha value is -2.57. The molecule has 0 fully saturated rings. The minimum absolute atomic E-state index is 0.354. The molecule has 0 amide bonds. The van der Waals surface area contributed by atoms with Gasteiger partial charge in [-0.25, -0.2) is 4.68 Å². The van der Waals surface area contributed by atoms with E-state index >= 15 is 0 Å². The lowest BCUT2D eigenvalue weighted by atomic mass is 10.2. The van der Waals surface area contributed by atoms with Crippen LogP contribution in [0.1, 0.15) is 5.56 Å². The molecule has 1 heterocycles. The molecule has 8 heteroatoms. The number of halogens is 2. The maximum absolute atomic E-state index is 6.38. The van der Waals surface area contributed by atoms with Crippen LogP contribution < -0.4 is 20.5 Å². The van der Waals surface area contributed by atoms with Crippen LogP contribution in [0.3, 0.4) is 0 Å². The zero-order valence-electron chi connectivity index (χ0n) is 14.3. The van der Waals surface area contributed by atoms with Gasteiger partial charge in [0.2, 0.25) is 0 Å². The summed E-state index contributed by atoms with van der Waals surface area (Å²) in [7, 11) is 3.08. The van der Waals surface area contributed by atoms with E-state index in [2.05, 4.69) is 10.4 Å². The van der Waals surface area contributed by atoms with E-state index in [0.717, 1.165) is 5.69 Å². The number of ether oxygens (including phenoxy) is 2. The van der Waals surface area contributed by atoms with Crippen LogP contribution in [0.4, 0.5) is 11.5 Å². The van der Waals surface area contributed by atoms with Gasteiger partial charge in [-0.3, -0.25) is 0 Å². The quantitative estimate of drug-likeness (QED) is 0.608. The van der Waals surface area contributed by atoms with Gasteiger partial charge in [0.05, 0.1) is 35.6 Å². The van der Waals surface area contributed by atoms with Crippen LogP contribution in [0.15, 0.2) is 42.6 Å². The van der Waals surface area contributed by atoms with Gasteiger partial charge in [-0.1, -0.05) is 35.3 Å². The smallest absolute Gasteiger partial charge is 0.148 e. The predicted octanol–water partition coefficient (Wildman–Crippen LogP) is 4.39. The summed E-state index contributed by atoms with van der Waals surface area (Å²) in [4.78, 5) is 0. The van der Waals surface area contributed by atoms with Gasteiger partial charge in [0.25, 0.3) is 0 Å². The number of hydrogen-bond donors (Lipinski definition) is 2. The van der Waals surface area contributed by atoms with Crippen LogP contribution in [0, 0.1) is 0 Å². The number of rotatable bonds is 6. The van der Waals surface area contributed by atoms with Crippen LogP contribution in [-0.2, 0) is 6.54 Å². The molecule has 0 saturated carbocycles.